The van der Waals surface area contributed by atoms with Gasteiger partial charge in [0.15, 0.2) is 0 Å². The summed E-state index contributed by atoms with van der Waals surface area (Å²) in [5.41, 5.74) is 2.19. The largest absolute Gasteiger partial charge is 0.493 e. The molecular weight excluding hydrogens is 365 g/mol. The molecule has 28 heavy (non-hydrogen) atoms. The predicted octanol–water partition coefficient (Wildman–Crippen LogP) is 5.66. The zero-order valence-electron chi connectivity index (χ0n) is 15.0. The highest BCUT2D eigenvalue weighted by molar-refractivity contribution is 5.67. The summed E-state index contributed by atoms with van der Waals surface area (Å²) in [4.78, 5) is 0. The third-order valence-electron chi connectivity index (χ3n) is 5.10. The maximum atomic E-state index is 13.0. The minimum absolute atomic E-state index is 0.0747. The van der Waals surface area contributed by atoms with Gasteiger partial charge >= 0.3 is 6.18 Å². The van der Waals surface area contributed by atoms with Crippen LogP contribution in [0.25, 0.3) is 11.1 Å². The van der Waals surface area contributed by atoms with Gasteiger partial charge in [-0.1, -0.05) is 54.6 Å². The van der Waals surface area contributed by atoms with Crippen LogP contribution >= 0.6 is 0 Å². The van der Waals surface area contributed by atoms with Crippen molar-refractivity contribution in [2.75, 3.05) is 6.61 Å². The number of alkyl halides is 3. The van der Waals surface area contributed by atoms with Gasteiger partial charge < -0.3 is 9.84 Å². The van der Waals surface area contributed by atoms with Gasteiger partial charge in [-0.3, -0.25) is 0 Å². The highest BCUT2D eigenvalue weighted by Gasteiger charge is 2.31. The summed E-state index contributed by atoms with van der Waals surface area (Å²) >= 11 is 0. The van der Waals surface area contributed by atoms with E-state index in [0.29, 0.717) is 35.5 Å². The summed E-state index contributed by atoms with van der Waals surface area (Å²) in [6.07, 6.45) is -4.38. The normalized spacial score (nSPS) is 19.0. The Labute approximate surface area is 161 Å². The van der Waals surface area contributed by atoms with Gasteiger partial charge in [0, 0.05) is 11.5 Å². The lowest BCUT2D eigenvalue weighted by Gasteiger charge is -2.30. The fourth-order valence-corrected chi connectivity index (χ4v) is 3.59. The van der Waals surface area contributed by atoms with Crippen LogP contribution in [0.2, 0.25) is 0 Å². The van der Waals surface area contributed by atoms with Crippen LogP contribution in [0.3, 0.4) is 0 Å². The number of benzene rings is 3. The van der Waals surface area contributed by atoms with E-state index < -0.39 is 17.8 Å². The second-order valence-electron chi connectivity index (χ2n) is 7.04. The quantitative estimate of drug-likeness (QED) is 0.632. The maximum absolute atomic E-state index is 13.0. The van der Waals surface area contributed by atoms with E-state index in [1.165, 1.54) is 6.07 Å². The Morgan fingerprint density at radius 2 is 1.64 bits per heavy atom. The van der Waals surface area contributed by atoms with Crippen molar-refractivity contribution in [2.45, 2.75) is 18.7 Å². The lowest BCUT2D eigenvalue weighted by molar-refractivity contribution is -0.137. The standard InChI is InChI=1S/C23H19F3O2/c24-23(25,26)19-8-4-7-16(12-19)17-9-10-20-21(13-17)28-14-18(22(20)27)11-15-5-2-1-3-6-15/h1-10,12-13,18,22,27H,11,14H2. The molecular formula is C23H19F3O2. The van der Waals surface area contributed by atoms with Crippen LogP contribution in [0.5, 0.6) is 5.75 Å². The second kappa shape index (κ2) is 7.32. The molecule has 1 N–H and O–H groups in total. The zero-order chi connectivity index (χ0) is 19.7. The monoisotopic (exact) mass is 384 g/mol. The van der Waals surface area contributed by atoms with E-state index >= 15 is 0 Å². The molecule has 1 aliphatic rings. The lowest BCUT2D eigenvalue weighted by Crippen LogP contribution is -2.27. The first-order valence-corrected chi connectivity index (χ1v) is 9.08. The molecule has 4 rings (SSSR count). The Morgan fingerprint density at radius 1 is 0.893 bits per heavy atom. The van der Waals surface area contributed by atoms with E-state index in [2.05, 4.69) is 0 Å². The average molecular weight is 384 g/mol. The third-order valence-corrected chi connectivity index (χ3v) is 5.10. The molecule has 144 valence electrons. The number of hydrogen-bond donors (Lipinski definition) is 1. The van der Waals surface area contributed by atoms with Gasteiger partial charge in [-0.2, -0.15) is 13.2 Å². The molecule has 0 bridgehead atoms. The fourth-order valence-electron chi connectivity index (χ4n) is 3.59. The van der Waals surface area contributed by atoms with Crippen LogP contribution in [0.1, 0.15) is 22.8 Å². The van der Waals surface area contributed by atoms with Crippen molar-refractivity contribution in [1.29, 1.82) is 0 Å². The van der Waals surface area contributed by atoms with Gasteiger partial charge in [0.05, 0.1) is 18.3 Å². The fraction of sp³-hybridized carbons (Fsp3) is 0.217. The van der Waals surface area contributed by atoms with E-state index in [-0.39, 0.29) is 5.92 Å². The molecule has 3 aromatic rings. The number of aliphatic hydroxyl groups excluding tert-OH is 1. The second-order valence-corrected chi connectivity index (χ2v) is 7.04. The molecule has 2 unspecified atom stereocenters. The van der Waals surface area contributed by atoms with E-state index in [0.717, 1.165) is 17.7 Å². The summed E-state index contributed by atoms with van der Waals surface area (Å²) in [6.45, 7) is 0.356. The number of aliphatic hydroxyl groups is 1. The zero-order valence-corrected chi connectivity index (χ0v) is 15.0. The first-order valence-electron chi connectivity index (χ1n) is 9.08. The van der Waals surface area contributed by atoms with Crippen molar-refractivity contribution in [3.63, 3.8) is 0 Å². The highest BCUT2D eigenvalue weighted by atomic mass is 19.4. The Kier molecular flexibility index (Phi) is 4.85. The first-order chi connectivity index (χ1) is 13.4. The summed E-state index contributed by atoms with van der Waals surface area (Å²) in [7, 11) is 0. The van der Waals surface area contributed by atoms with E-state index in [1.807, 2.05) is 30.3 Å². The molecule has 1 aliphatic heterocycles. The molecule has 0 amide bonds. The molecule has 0 radical (unpaired) electrons. The lowest BCUT2D eigenvalue weighted by atomic mass is 9.87. The number of hydrogen-bond acceptors (Lipinski definition) is 2. The summed E-state index contributed by atoms with van der Waals surface area (Å²) in [6, 6.07) is 20.3. The Balaban J connectivity index is 1.59. The molecule has 0 aliphatic carbocycles. The summed E-state index contributed by atoms with van der Waals surface area (Å²) in [5.74, 6) is 0.445. The van der Waals surface area contributed by atoms with Crippen LogP contribution in [-0.2, 0) is 12.6 Å². The van der Waals surface area contributed by atoms with Gasteiger partial charge in [-0.05, 0) is 41.3 Å². The van der Waals surface area contributed by atoms with Gasteiger partial charge in [0.1, 0.15) is 5.75 Å². The van der Waals surface area contributed by atoms with Gasteiger partial charge in [0.25, 0.3) is 0 Å². The third kappa shape index (κ3) is 3.76. The van der Waals surface area contributed by atoms with E-state index in [9.17, 15) is 18.3 Å². The number of fused-ring (bicyclic) bond motifs is 1. The molecule has 5 heteroatoms. The molecule has 1 heterocycles. The molecule has 2 nitrogen and oxygen atoms in total. The summed E-state index contributed by atoms with van der Waals surface area (Å²) in [5, 5.41) is 10.8. The number of rotatable bonds is 3. The topological polar surface area (TPSA) is 29.5 Å². The van der Waals surface area contributed by atoms with Crippen molar-refractivity contribution in [3.05, 3.63) is 89.5 Å². The minimum Gasteiger partial charge on any atom is -0.493 e. The smallest absolute Gasteiger partial charge is 0.416 e. The van der Waals surface area contributed by atoms with Gasteiger partial charge in [0.2, 0.25) is 0 Å². The van der Waals surface area contributed by atoms with Crippen LogP contribution in [0.4, 0.5) is 13.2 Å². The van der Waals surface area contributed by atoms with Crippen molar-refractivity contribution in [2.24, 2.45) is 5.92 Å². The minimum atomic E-state index is -4.39. The number of ether oxygens (including phenoxy) is 1. The molecule has 0 saturated carbocycles. The van der Waals surface area contributed by atoms with Crippen molar-refractivity contribution in [1.82, 2.24) is 0 Å². The van der Waals surface area contributed by atoms with E-state index in [4.69, 9.17) is 4.74 Å². The Bertz CT molecular complexity index is 967. The highest BCUT2D eigenvalue weighted by Crippen LogP contribution is 2.40. The van der Waals surface area contributed by atoms with Crippen molar-refractivity contribution >= 4 is 0 Å². The van der Waals surface area contributed by atoms with Crippen molar-refractivity contribution < 1.29 is 23.0 Å². The number of halogens is 3. The van der Waals surface area contributed by atoms with Crippen LogP contribution in [-0.4, -0.2) is 11.7 Å². The van der Waals surface area contributed by atoms with Crippen molar-refractivity contribution in [3.8, 4) is 16.9 Å². The molecule has 0 fully saturated rings. The molecule has 2 atom stereocenters. The predicted molar refractivity (Wildman–Crippen MR) is 101 cm³/mol. The van der Waals surface area contributed by atoms with E-state index in [1.54, 1.807) is 24.3 Å². The molecule has 3 aromatic carbocycles. The first kappa shape index (κ1) is 18.6. The SMILES string of the molecule is OC1c2ccc(-c3cccc(C(F)(F)F)c3)cc2OCC1Cc1ccccc1. The Morgan fingerprint density at radius 3 is 2.39 bits per heavy atom. The summed E-state index contributed by atoms with van der Waals surface area (Å²) < 4.78 is 44.8. The van der Waals surface area contributed by atoms with Gasteiger partial charge in [-0.15, -0.1) is 0 Å². The van der Waals surface area contributed by atoms with Crippen LogP contribution < -0.4 is 4.74 Å². The van der Waals surface area contributed by atoms with Crippen LogP contribution in [0, 0.1) is 5.92 Å². The molecule has 0 saturated heterocycles. The average Bonchev–Trinajstić information content (AvgIpc) is 2.70. The molecule has 0 spiro atoms. The van der Waals surface area contributed by atoms with Crippen LogP contribution in [0.15, 0.2) is 72.8 Å². The molecule has 0 aromatic heterocycles. The maximum Gasteiger partial charge on any atom is 0.416 e. The Hall–Kier alpha value is -2.79. The van der Waals surface area contributed by atoms with Gasteiger partial charge in [-0.25, -0.2) is 0 Å².